The van der Waals surface area contributed by atoms with Gasteiger partial charge in [-0.2, -0.15) is 0 Å². The Labute approximate surface area is 169 Å². The number of hydrogen-bond donors (Lipinski definition) is 0. The second-order valence-corrected chi connectivity index (χ2v) is 7.26. The smallest absolute Gasteiger partial charge is 0.379 e. The Bertz CT molecular complexity index is 961. The summed E-state index contributed by atoms with van der Waals surface area (Å²) < 4.78 is 24.7. The monoisotopic (exact) mass is 420 g/mol. The molecule has 2 rings (SSSR count). The Hall–Kier alpha value is -2.86. The first-order chi connectivity index (χ1) is 13.7. The zero-order valence-electron chi connectivity index (χ0n) is 16.8. The van der Waals surface area contributed by atoms with E-state index in [4.69, 9.17) is 9.26 Å². The van der Waals surface area contributed by atoms with Gasteiger partial charge in [0.2, 0.25) is 0 Å². The number of ketones is 1. The summed E-state index contributed by atoms with van der Waals surface area (Å²) >= 11 is 0. The lowest BCUT2D eigenvalue weighted by Gasteiger charge is -2.10. The van der Waals surface area contributed by atoms with E-state index in [2.05, 4.69) is 5.16 Å². The van der Waals surface area contributed by atoms with Gasteiger partial charge in [-0.15, -0.1) is 0 Å². The third-order valence-electron chi connectivity index (χ3n) is 3.94. The third-order valence-corrected chi connectivity index (χ3v) is 4.65. The summed E-state index contributed by atoms with van der Waals surface area (Å²) in [6, 6.07) is 4.47. The molecule has 0 saturated heterocycles. The molecule has 0 radical (unpaired) electrons. The van der Waals surface area contributed by atoms with Gasteiger partial charge in [-0.1, -0.05) is 17.3 Å². The van der Waals surface area contributed by atoms with Crippen LogP contribution in [0.4, 0.5) is 4.39 Å². The highest BCUT2D eigenvalue weighted by molar-refractivity contribution is 7.58. The lowest BCUT2D eigenvalue weighted by atomic mass is 9.98. The van der Waals surface area contributed by atoms with E-state index < -0.39 is 17.6 Å². The maximum absolute atomic E-state index is 14.5. The molecule has 0 aliphatic rings. The van der Waals surface area contributed by atoms with Crippen LogP contribution < -0.4 is 0 Å². The minimum atomic E-state index is -1.09. The van der Waals surface area contributed by atoms with Crippen molar-refractivity contribution in [2.75, 3.05) is 27.4 Å². The Morgan fingerprint density at radius 1 is 1.31 bits per heavy atom. The molecule has 0 aliphatic carbocycles. The molecule has 1 atom stereocenters. The van der Waals surface area contributed by atoms with Gasteiger partial charge in [-0.25, -0.2) is 9.18 Å². The van der Waals surface area contributed by atoms with Gasteiger partial charge in [0.1, 0.15) is 11.5 Å². The van der Waals surface area contributed by atoms with Crippen LogP contribution in [0.3, 0.4) is 0 Å². The number of benzene rings is 1. The fourth-order valence-corrected chi connectivity index (χ4v) is 3.18. The van der Waals surface area contributed by atoms with Gasteiger partial charge in [-0.3, -0.25) is 9.59 Å². The maximum atomic E-state index is 14.5. The van der Waals surface area contributed by atoms with Gasteiger partial charge in [0, 0.05) is 25.9 Å². The molecule has 0 bridgehead atoms. The highest BCUT2D eigenvalue weighted by Gasteiger charge is 2.33. The fraction of sp³-hybridized carbons (Fsp3) is 0.300. The number of Topliss-reactive ketones (excluding diaryl/α,β-unsaturated/α-hetero) is 1. The van der Waals surface area contributed by atoms with Crippen molar-refractivity contribution in [2.24, 2.45) is 0 Å². The van der Waals surface area contributed by atoms with E-state index in [-0.39, 0.29) is 48.9 Å². The standard InChI is InChI=1S/C20H22FN2O5P/c1-6-27-19(25)17(24)12(10-23(3)4)18-15(20(26)29-5)16(22-28-18)14-11(2)8-7-9-13(14)21/h7-10,29H,6H2,1-5H3/b12-10+. The predicted molar refractivity (Wildman–Crippen MR) is 109 cm³/mol. The van der Waals surface area contributed by atoms with Crippen LogP contribution in [0.2, 0.25) is 0 Å². The van der Waals surface area contributed by atoms with Crippen molar-refractivity contribution in [3.05, 3.63) is 47.1 Å². The van der Waals surface area contributed by atoms with E-state index in [0.29, 0.717) is 5.56 Å². The molecule has 0 fully saturated rings. The maximum Gasteiger partial charge on any atom is 0.379 e. The summed E-state index contributed by atoms with van der Waals surface area (Å²) in [5.41, 5.74) is 0.0501. The summed E-state index contributed by atoms with van der Waals surface area (Å²) in [5.74, 6) is -2.83. The SMILES string of the molecule is CCOC(=O)C(=O)/C(=C\N(C)C)c1onc(-c2c(C)cccc2F)c1C(=O)PC. The molecule has 0 spiro atoms. The largest absolute Gasteiger partial charge is 0.460 e. The van der Waals surface area contributed by atoms with Crippen LogP contribution in [0.5, 0.6) is 0 Å². The first kappa shape index (κ1) is 22.4. The second kappa shape index (κ2) is 9.56. The lowest BCUT2D eigenvalue weighted by molar-refractivity contribution is -0.150. The average molecular weight is 420 g/mol. The Morgan fingerprint density at radius 3 is 2.55 bits per heavy atom. The lowest BCUT2D eigenvalue weighted by Crippen LogP contribution is -2.21. The van der Waals surface area contributed by atoms with Gasteiger partial charge in [0.15, 0.2) is 11.3 Å². The zero-order chi connectivity index (χ0) is 21.7. The van der Waals surface area contributed by atoms with Gasteiger partial charge in [-0.05, 0) is 40.7 Å². The summed E-state index contributed by atoms with van der Waals surface area (Å²) in [6.45, 7) is 4.91. The van der Waals surface area contributed by atoms with Gasteiger partial charge >= 0.3 is 5.97 Å². The van der Waals surface area contributed by atoms with E-state index in [1.807, 2.05) is 0 Å². The van der Waals surface area contributed by atoms with E-state index in [1.165, 1.54) is 17.2 Å². The van der Waals surface area contributed by atoms with Crippen molar-refractivity contribution in [1.29, 1.82) is 0 Å². The molecular formula is C20H22FN2O5P. The molecule has 2 aromatic rings. The number of hydrogen-bond acceptors (Lipinski definition) is 7. The highest BCUT2D eigenvalue weighted by Crippen LogP contribution is 2.36. The van der Waals surface area contributed by atoms with Crippen LogP contribution in [0.25, 0.3) is 16.8 Å². The molecule has 1 aromatic carbocycles. The first-order valence-corrected chi connectivity index (χ1v) is 10.3. The number of aryl methyl sites for hydroxylation is 1. The third kappa shape index (κ3) is 4.77. The van der Waals surface area contributed by atoms with E-state index in [1.54, 1.807) is 46.7 Å². The number of carbonyl (C=O) groups is 3. The molecule has 7 nitrogen and oxygen atoms in total. The number of nitrogens with zero attached hydrogens (tertiary/aromatic N) is 2. The molecule has 0 amide bonds. The van der Waals surface area contributed by atoms with Crippen molar-refractivity contribution in [1.82, 2.24) is 10.1 Å². The highest BCUT2D eigenvalue weighted by atomic mass is 31.1. The van der Waals surface area contributed by atoms with Gasteiger partial charge in [0.25, 0.3) is 5.78 Å². The Balaban J connectivity index is 2.77. The predicted octanol–water partition coefficient (Wildman–Crippen LogP) is 3.27. The van der Waals surface area contributed by atoms with Crippen LogP contribution in [0.15, 0.2) is 28.9 Å². The number of rotatable bonds is 8. The first-order valence-electron chi connectivity index (χ1n) is 8.80. The normalized spacial score (nSPS) is 11.7. The van der Waals surface area contributed by atoms with Gasteiger partial charge in [0.05, 0.1) is 17.7 Å². The number of halogens is 1. The van der Waals surface area contributed by atoms with E-state index in [9.17, 15) is 18.8 Å². The van der Waals surface area contributed by atoms with Crippen molar-refractivity contribution in [3.63, 3.8) is 0 Å². The molecule has 1 aromatic heterocycles. The number of ether oxygens (including phenoxy) is 1. The number of carbonyl (C=O) groups excluding carboxylic acids is 3. The molecule has 1 heterocycles. The molecule has 9 heteroatoms. The summed E-state index contributed by atoms with van der Waals surface area (Å²) in [6.07, 6.45) is 1.34. The van der Waals surface area contributed by atoms with E-state index in [0.717, 1.165) is 0 Å². The second-order valence-electron chi connectivity index (χ2n) is 6.30. The Morgan fingerprint density at radius 2 is 2.00 bits per heavy atom. The summed E-state index contributed by atoms with van der Waals surface area (Å²) in [7, 11) is 3.08. The summed E-state index contributed by atoms with van der Waals surface area (Å²) in [4.78, 5) is 39.0. The molecule has 1 unspecified atom stereocenters. The van der Waals surface area contributed by atoms with Crippen molar-refractivity contribution in [2.45, 2.75) is 13.8 Å². The Kier molecular flexibility index (Phi) is 7.40. The van der Waals surface area contributed by atoms with Crippen molar-refractivity contribution < 1.29 is 28.0 Å². The molecule has 0 N–H and O–H groups in total. The molecule has 0 saturated carbocycles. The molecule has 29 heavy (non-hydrogen) atoms. The topological polar surface area (TPSA) is 89.7 Å². The molecular weight excluding hydrogens is 398 g/mol. The number of esters is 1. The minimum Gasteiger partial charge on any atom is -0.460 e. The van der Waals surface area contributed by atoms with Gasteiger partial charge < -0.3 is 14.2 Å². The van der Waals surface area contributed by atoms with Crippen LogP contribution >= 0.6 is 8.58 Å². The van der Waals surface area contributed by atoms with E-state index >= 15 is 0 Å². The molecule has 0 aliphatic heterocycles. The zero-order valence-corrected chi connectivity index (χ0v) is 17.8. The minimum absolute atomic E-state index is 0.00346. The molecule has 154 valence electrons. The fourth-order valence-electron chi connectivity index (χ4n) is 2.70. The summed E-state index contributed by atoms with van der Waals surface area (Å²) in [5, 5.41) is 3.90. The van der Waals surface area contributed by atoms with Crippen LogP contribution in [-0.4, -0.2) is 54.7 Å². The average Bonchev–Trinajstić information content (AvgIpc) is 3.09. The van der Waals surface area contributed by atoms with Crippen LogP contribution in [0.1, 0.15) is 28.6 Å². The van der Waals surface area contributed by atoms with Crippen molar-refractivity contribution in [3.8, 4) is 11.3 Å². The van der Waals surface area contributed by atoms with Crippen LogP contribution in [0, 0.1) is 12.7 Å². The van der Waals surface area contributed by atoms with Crippen molar-refractivity contribution >= 4 is 31.4 Å². The van der Waals surface area contributed by atoms with Crippen LogP contribution in [-0.2, 0) is 14.3 Å². The number of aromatic nitrogens is 1. The quantitative estimate of drug-likeness (QED) is 0.280.